The molecule has 0 fully saturated rings. The zero-order chi connectivity index (χ0) is 20.5. The highest BCUT2D eigenvalue weighted by Gasteiger charge is 2.13. The van der Waals surface area contributed by atoms with Crippen LogP contribution in [0.4, 0.5) is 0 Å². The van der Waals surface area contributed by atoms with Gasteiger partial charge in [-0.05, 0) is 80.1 Å². The van der Waals surface area contributed by atoms with Gasteiger partial charge in [-0.25, -0.2) is 4.98 Å². The summed E-state index contributed by atoms with van der Waals surface area (Å²) in [5.41, 5.74) is 6.57. The van der Waals surface area contributed by atoms with Crippen LogP contribution in [0.15, 0.2) is 62.2 Å². The first-order valence-electron chi connectivity index (χ1n) is 9.07. The molecule has 2 aromatic heterocycles. The Balaban J connectivity index is 1.69. The van der Waals surface area contributed by atoms with E-state index in [9.17, 15) is 5.26 Å². The molecule has 0 bridgehead atoms. The van der Waals surface area contributed by atoms with Crippen molar-refractivity contribution in [3.8, 4) is 11.8 Å². The molecule has 2 aromatic carbocycles. The molecule has 2 heterocycles. The second-order valence-electron chi connectivity index (χ2n) is 6.77. The Morgan fingerprint density at radius 1 is 1.17 bits per heavy atom. The summed E-state index contributed by atoms with van der Waals surface area (Å²) >= 11 is 6.66. The van der Waals surface area contributed by atoms with Crippen molar-refractivity contribution in [3.63, 3.8) is 0 Å². The maximum absolute atomic E-state index is 9.70. The first-order chi connectivity index (χ1) is 14.0. The number of aryl methyl sites for hydroxylation is 2. The number of rotatable bonds is 4. The van der Waals surface area contributed by atoms with Gasteiger partial charge in [0.1, 0.15) is 6.07 Å². The predicted octanol–water partition coefficient (Wildman–Crippen LogP) is 7.43. The molecular formula is C23H18BrN3S2. The molecule has 0 saturated heterocycles. The monoisotopic (exact) mass is 479 g/mol. The average molecular weight is 480 g/mol. The highest BCUT2D eigenvalue weighted by atomic mass is 79.9. The molecule has 0 aliphatic heterocycles. The van der Waals surface area contributed by atoms with E-state index in [4.69, 9.17) is 0 Å². The molecule has 29 heavy (non-hydrogen) atoms. The van der Waals surface area contributed by atoms with Gasteiger partial charge < -0.3 is 4.57 Å². The molecule has 0 radical (unpaired) electrons. The quantitative estimate of drug-likeness (QED) is 0.225. The number of nitrogens with zero attached hydrogens (tertiary/aromatic N) is 3. The maximum Gasteiger partial charge on any atom is 0.156 e. The minimum Gasteiger partial charge on any atom is -0.318 e. The second-order valence-corrected chi connectivity index (χ2v) is 9.94. The standard InChI is InChI=1S/C23H18BrN3S2/c1-14-8-9-18(12-20(14)24)27-15(2)10-17(16(27)3)11-19(13-25)28-23-26-21-6-4-5-7-22(21)29-23/h4-12H,1-3H3. The topological polar surface area (TPSA) is 41.6 Å². The number of thioether (sulfide) groups is 1. The van der Waals surface area contributed by atoms with Crippen LogP contribution in [0.5, 0.6) is 0 Å². The minimum absolute atomic E-state index is 0.634. The molecule has 0 aliphatic carbocycles. The first-order valence-corrected chi connectivity index (χ1v) is 11.5. The lowest BCUT2D eigenvalue weighted by Crippen LogP contribution is -1.99. The van der Waals surface area contributed by atoms with E-state index in [-0.39, 0.29) is 0 Å². The molecule has 0 saturated carbocycles. The fraction of sp³-hybridized carbons (Fsp3) is 0.130. The Bertz CT molecular complexity index is 1260. The molecule has 0 unspecified atom stereocenters. The fourth-order valence-electron chi connectivity index (χ4n) is 3.27. The van der Waals surface area contributed by atoms with E-state index >= 15 is 0 Å². The number of aromatic nitrogens is 2. The summed E-state index contributed by atoms with van der Waals surface area (Å²) in [7, 11) is 0. The van der Waals surface area contributed by atoms with Crippen molar-refractivity contribution in [2.45, 2.75) is 25.1 Å². The van der Waals surface area contributed by atoms with Gasteiger partial charge in [0.25, 0.3) is 0 Å². The third-order valence-corrected chi connectivity index (χ3v) is 7.63. The Hall–Kier alpha value is -2.33. The van der Waals surface area contributed by atoms with Gasteiger partial charge in [0, 0.05) is 21.5 Å². The van der Waals surface area contributed by atoms with Gasteiger partial charge in [0.05, 0.1) is 15.1 Å². The number of nitriles is 1. The Morgan fingerprint density at radius 3 is 2.69 bits per heavy atom. The fourth-order valence-corrected chi connectivity index (χ4v) is 5.60. The number of benzene rings is 2. The molecule has 0 N–H and O–H groups in total. The van der Waals surface area contributed by atoms with Gasteiger partial charge in [0.15, 0.2) is 4.34 Å². The number of hydrogen-bond acceptors (Lipinski definition) is 4. The van der Waals surface area contributed by atoms with Crippen molar-refractivity contribution >= 4 is 55.3 Å². The maximum atomic E-state index is 9.70. The number of para-hydroxylation sites is 1. The number of allylic oxidation sites excluding steroid dienone is 1. The third kappa shape index (κ3) is 4.04. The molecule has 4 rings (SSSR count). The summed E-state index contributed by atoms with van der Waals surface area (Å²) < 4.78 is 5.32. The lowest BCUT2D eigenvalue weighted by atomic mass is 10.2. The zero-order valence-corrected chi connectivity index (χ0v) is 19.5. The lowest BCUT2D eigenvalue weighted by Gasteiger charge is -2.11. The Morgan fingerprint density at radius 2 is 1.97 bits per heavy atom. The molecule has 0 amide bonds. The summed E-state index contributed by atoms with van der Waals surface area (Å²) in [4.78, 5) is 5.27. The molecule has 0 spiro atoms. The van der Waals surface area contributed by atoms with Crippen LogP contribution >= 0.6 is 39.0 Å². The van der Waals surface area contributed by atoms with E-state index in [0.29, 0.717) is 4.91 Å². The van der Waals surface area contributed by atoms with Crippen LogP contribution in [0.2, 0.25) is 0 Å². The van der Waals surface area contributed by atoms with Crippen LogP contribution in [0.25, 0.3) is 22.0 Å². The molecule has 4 aromatic rings. The van der Waals surface area contributed by atoms with Crippen LogP contribution < -0.4 is 0 Å². The highest BCUT2D eigenvalue weighted by Crippen LogP contribution is 2.35. The van der Waals surface area contributed by atoms with Gasteiger partial charge in [-0.15, -0.1) is 11.3 Å². The summed E-state index contributed by atoms with van der Waals surface area (Å²) in [5, 5.41) is 9.70. The molecule has 3 nitrogen and oxygen atoms in total. The van der Waals surface area contributed by atoms with Crippen LogP contribution in [0, 0.1) is 32.1 Å². The lowest BCUT2D eigenvalue weighted by molar-refractivity contribution is 0.962. The Labute approximate surface area is 186 Å². The van der Waals surface area contributed by atoms with Crippen molar-refractivity contribution in [1.82, 2.24) is 9.55 Å². The largest absolute Gasteiger partial charge is 0.318 e. The van der Waals surface area contributed by atoms with Crippen molar-refractivity contribution in [1.29, 1.82) is 5.26 Å². The van der Waals surface area contributed by atoms with Gasteiger partial charge >= 0.3 is 0 Å². The van der Waals surface area contributed by atoms with E-state index < -0.39 is 0 Å². The second kappa shape index (κ2) is 8.19. The third-order valence-electron chi connectivity index (χ3n) is 4.75. The number of halogens is 1. The molecular weight excluding hydrogens is 462 g/mol. The summed E-state index contributed by atoms with van der Waals surface area (Å²) in [6.07, 6.45) is 1.96. The van der Waals surface area contributed by atoms with E-state index in [2.05, 4.69) is 82.7 Å². The minimum atomic E-state index is 0.634. The number of fused-ring (bicyclic) bond motifs is 1. The van der Waals surface area contributed by atoms with E-state index in [1.165, 1.54) is 17.3 Å². The van der Waals surface area contributed by atoms with Crippen molar-refractivity contribution in [2.75, 3.05) is 0 Å². The zero-order valence-electron chi connectivity index (χ0n) is 16.2. The van der Waals surface area contributed by atoms with Crippen LogP contribution in [-0.4, -0.2) is 9.55 Å². The van der Waals surface area contributed by atoms with E-state index in [1.54, 1.807) is 11.3 Å². The molecule has 0 atom stereocenters. The van der Waals surface area contributed by atoms with Gasteiger partial charge in [-0.1, -0.05) is 34.1 Å². The molecule has 6 heteroatoms. The molecule has 144 valence electrons. The normalized spacial score (nSPS) is 11.8. The van der Waals surface area contributed by atoms with E-state index in [0.717, 1.165) is 41.7 Å². The van der Waals surface area contributed by atoms with Crippen molar-refractivity contribution in [3.05, 3.63) is 80.4 Å². The average Bonchev–Trinajstić information content (AvgIpc) is 3.23. The Kier molecular flexibility index (Phi) is 5.64. The smallest absolute Gasteiger partial charge is 0.156 e. The van der Waals surface area contributed by atoms with Crippen LogP contribution in [0.3, 0.4) is 0 Å². The number of hydrogen-bond donors (Lipinski definition) is 0. The van der Waals surface area contributed by atoms with Crippen LogP contribution in [-0.2, 0) is 0 Å². The number of thiazole rings is 1. The molecule has 0 aliphatic rings. The van der Waals surface area contributed by atoms with Gasteiger partial charge in [-0.3, -0.25) is 0 Å². The SMILES string of the molecule is Cc1ccc(-n2c(C)cc(C=C(C#N)Sc3nc4ccccc4s3)c2C)cc1Br. The van der Waals surface area contributed by atoms with Crippen molar-refractivity contribution in [2.24, 2.45) is 0 Å². The van der Waals surface area contributed by atoms with E-state index in [1.807, 2.05) is 24.3 Å². The van der Waals surface area contributed by atoms with Gasteiger partial charge in [-0.2, -0.15) is 5.26 Å². The highest BCUT2D eigenvalue weighted by molar-refractivity contribution is 9.10. The van der Waals surface area contributed by atoms with Gasteiger partial charge in [0.2, 0.25) is 0 Å². The van der Waals surface area contributed by atoms with Crippen LogP contribution in [0.1, 0.15) is 22.5 Å². The summed E-state index contributed by atoms with van der Waals surface area (Å²) in [5.74, 6) is 0. The summed E-state index contributed by atoms with van der Waals surface area (Å²) in [6, 6.07) is 18.9. The summed E-state index contributed by atoms with van der Waals surface area (Å²) in [6.45, 7) is 6.25. The first kappa shape index (κ1) is 20.0. The van der Waals surface area contributed by atoms with Crippen molar-refractivity contribution < 1.29 is 0 Å². The predicted molar refractivity (Wildman–Crippen MR) is 127 cm³/mol.